The highest BCUT2D eigenvalue weighted by molar-refractivity contribution is 5.72. The Labute approximate surface area is 347 Å². The number of esters is 2. The van der Waals surface area contributed by atoms with Gasteiger partial charge in [0.15, 0.2) is 0 Å². The van der Waals surface area contributed by atoms with Gasteiger partial charge in [-0.25, -0.2) is 0 Å². The number of carbonyl (C=O) groups excluding carboxylic acids is 2. The van der Waals surface area contributed by atoms with Crippen molar-refractivity contribution in [2.75, 3.05) is 0 Å². The van der Waals surface area contributed by atoms with E-state index in [-0.39, 0.29) is 48.5 Å². The lowest BCUT2D eigenvalue weighted by Gasteiger charge is -2.58. The first-order valence-electron chi connectivity index (χ1n) is 23.9. The molecule has 1 saturated heterocycles. The molecule has 1 heterocycles. The lowest BCUT2D eigenvalue weighted by molar-refractivity contribution is -0.162. The van der Waals surface area contributed by atoms with E-state index < -0.39 is 6.10 Å². The molecule has 0 aromatic heterocycles. The van der Waals surface area contributed by atoms with Gasteiger partial charge in [-0.05, 0) is 147 Å². The number of hydrogen-bond acceptors (Lipinski definition) is 6. The molecule has 0 bridgehead atoms. The van der Waals surface area contributed by atoms with Gasteiger partial charge in [0.25, 0.3) is 0 Å². The Morgan fingerprint density at radius 3 is 2.44 bits per heavy atom. The molecular weight excluding hydrogens is 709 g/mol. The minimum absolute atomic E-state index is 0.0766. The maximum absolute atomic E-state index is 12.5. The Bertz CT molecular complexity index is 1480. The Morgan fingerprint density at radius 1 is 0.947 bits per heavy atom. The van der Waals surface area contributed by atoms with Crippen LogP contribution in [-0.4, -0.2) is 46.6 Å². The number of ether oxygens (including phenoxy) is 2. The lowest BCUT2D eigenvalue weighted by atomic mass is 9.47. The molecule has 6 aliphatic carbocycles. The molecule has 0 radical (unpaired) electrons. The van der Waals surface area contributed by atoms with E-state index in [1.54, 1.807) is 5.57 Å². The second-order valence-corrected chi connectivity index (χ2v) is 21.5. The molecule has 4 fully saturated rings. The smallest absolute Gasteiger partial charge is 0.308 e. The SMILES string of the molecule is CC(C)CCC[C@@H](C)[C@H]1CC[C@H]2[C@@H]3CC=C4C[C@@H](O)CC[C@]4(C)[C@H]3CC[C@]12C.CC[C@H](C)C(=O)O[C@H]1C[C@@H](C)C=C2C=C[C@H](C)[C@H](CC[C@@H]3C[C@@H](O)CC(=O)O3)[C@H]21. The van der Waals surface area contributed by atoms with Crippen LogP contribution < -0.4 is 0 Å². The van der Waals surface area contributed by atoms with Crippen molar-refractivity contribution in [3.05, 3.63) is 35.5 Å². The number of hydrogen-bond donors (Lipinski definition) is 2. The molecule has 7 aliphatic rings. The highest BCUT2D eigenvalue weighted by atomic mass is 16.6. The van der Waals surface area contributed by atoms with Crippen molar-refractivity contribution in [2.24, 2.45) is 75.9 Å². The van der Waals surface area contributed by atoms with Crippen LogP contribution in [0.2, 0.25) is 0 Å². The largest absolute Gasteiger partial charge is 0.462 e. The van der Waals surface area contributed by atoms with Gasteiger partial charge >= 0.3 is 11.9 Å². The van der Waals surface area contributed by atoms with E-state index in [1.165, 1.54) is 63.4 Å². The molecule has 2 N–H and O–H groups in total. The molecule has 0 unspecified atom stereocenters. The van der Waals surface area contributed by atoms with Crippen molar-refractivity contribution in [3.63, 3.8) is 0 Å². The fourth-order valence-electron chi connectivity index (χ4n) is 13.7. The topological polar surface area (TPSA) is 93.1 Å². The van der Waals surface area contributed by atoms with Gasteiger partial charge in [-0.15, -0.1) is 0 Å². The molecule has 57 heavy (non-hydrogen) atoms. The standard InChI is InChI=1S/C27H46O.C24H36O5/c1-18(2)7-6-8-19(3)23-11-12-24-22-10-9-20-17-21(28)13-15-26(20,4)25(22)14-16-27(23,24)5;1-5-15(3)24(27)29-21-11-14(2)10-17-7-6-16(4)20(23(17)21)9-8-19-12-18(25)13-22(26)28-19/h9,18-19,21-25,28H,6-8,10-17H2,1-5H3;6-7,10,14-16,18-21,23,25H,5,8-9,11-13H2,1-4H3/t19-,21+,22+,23-,24+,25+,26+,27-;14-,15-,16-,18+,19+,20-,21-,23-/m10/s1. The maximum Gasteiger partial charge on any atom is 0.308 e. The van der Waals surface area contributed by atoms with E-state index in [0.29, 0.717) is 35.0 Å². The summed E-state index contributed by atoms with van der Waals surface area (Å²) in [5.74, 6) is 6.21. The summed E-state index contributed by atoms with van der Waals surface area (Å²) in [6.07, 6.45) is 26.9. The number of carbonyl (C=O) groups is 2. The number of rotatable bonds is 11. The molecule has 0 aromatic carbocycles. The van der Waals surface area contributed by atoms with E-state index in [2.05, 4.69) is 72.8 Å². The highest BCUT2D eigenvalue weighted by Gasteiger charge is 2.59. The molecule has 0 amide bonds. The molecule has 6 heteroatoms. The Morgan fingerprint density at radius 2 is 1.72 bits per heavy atom. The minimum atomic E-state index is -0.597. The van der Waals surface area contributed by atoms with E-state index in [0.717, 1.165) is 74.0 Å². The fourth-order valence-corrected chi connectivity index (χ4v) is 13.7. The van der Waals surface area contributed by atoms with E-state index in [4.69, 9.17) is 9.47 Å². The average molecular weight is 791 g/mol. The van der Waals surface area contributed by atoms with Crippen molar-refractivity contribution < 1.29 is 29.3 Å². The number of allylic oxidation sites excluding steroid dienone is 4. The Balaban J connectivity index is 0.000000193. The molecular formula is C51H82O6. The molecule has 16 atom stereocenters. The molecule has 1 aliphatic heterocycles. The first-order valence-corrected chi connectivity index (χ1v) is 23.9. The third kappa shape index (κ3) is 9.84. The average Bonchev–Trinajstić information content (AvgIpc) is 3.51. The van der Waals surface area contributed by atoms with Crippen LogP contribution in [0, 0.1) is 75.9 Å². The van der Waals surface area contributed by atoms with Crippen molar-refractivity contribution in [1.82, 2.24) is 0 Å². The molecule has 322 valence electrons. The fraction of sp³-hybridized carbons (Fsp3) is 0.843. The van der Waals surface area contributed by atoms with Crippen LogP contribution >= 0.6 is 0 Å². The van der Waals surface area contributed by atoms with Crippen molar-refractivity contribution in [2.45, 2.75) is 196 Å². The quantitative estimate of drug-likeness (QED) is 0.160. The van der Waals surface area contributed by atoms with Crippen LogP contribution in [0.5, 0.6) is 0 Å². The molecule has 0 spiro atoms. The normalized spacial score (nSPS) is 42.1. The summed E-state index contributed by atoms with van der Waals surface area (Å²) in [5, 5.41) is 20.1. The summed E-state index contributed by atoms with van der Waals surface area (Å²) >= 11 is 0. The van der Waals surface area contributed by atoms with Crippen LogP contribution in [0.3, 0.4) is 0 Å². The third-order valence-electron chi connectivity index (χ3n) is 17.2. The van der Waals surface area contributed by atoms with Crippen LogP contribution in [0.25, 0.3) is 0 Å². The molecule has 7 rings (SSSR count). The zero-order valence-corrected chi connectivity index (χ0v) is 37.5. The van der Waals surface area contributed by atoms with Crippen molar-refractivity contribution in [1.29, 1.82) is 0 Å². The van der Waals surface area contributed by atoms with E-state index in [9.17, 15) is 19.8 Å². The zero-order chi connectivity index (χ0) is 41.2. The van der Waals surface area contributed by atoms with Gasteiger partial charge in [0.1, 0.15) is 12.2 Å². The second-order valence-electron chi connectivity index (χ2n) is 21.5. The maximum atomic E-state index is 12.5. The van der Waals surface area contributed by atoms with Crippen LogP contribution in [-0.2, 0) is 19.1 Å². The number of cyclic esters (lactones) is 1. The third-order valence-corrected chi connectivity index (χ3v) is 17.2. The monoisotopic (exact) mass is 791 g/mol. The second kappa shape index (κ2) is 18.8. The van der Waals surface area contributed by atoms with Gasteiger partial charge in [-0.1, -0.05) is 111 Å². The van der Waals surface area contributed by atoms with Crippen LogP contribution in [0.15, 0.2) is 35.5 Å². The Kier molecular flexibility index (Phi) is 14.7. The summed E-state index contributed by atoms with van der Waals surface area (Å²) in [4.78, 5) is 24.2. The van der Waals surface area contributed by atoms with Crippen molar-refractivity contribution in [3.8, 4) is 0 Å². The lowest BCUT2D eigenvalue weighted by Crippen LogP contribution is -2.50. The Hall–Kier alpha value is -1.92. The summed E-state index contributed by atoms with van der Waals surface area (Å²) in [5.41, 5.74) is 3.88. The van der Waals surface area contributed by atoms with Crippen molar-refractivity contribution >= 4 is 11.9 Å². The number of aliphatic hydroxyl groups is 2. The van der Waals surface area contributed by atoms with Gasteiger partial charge < -0.3 is 19.7 Å². The first kappa shape index (κ1) is 44.6. The summed E-state index contributed by atoms with van der Waals surface area (Å²) in [6, 6.07) is 0. The van der Waals surface area contributed by atoms with Gasteiger partial charge in [0.2, 0.25) is 0 Å². The molecule has 6 nitrogen and oxygen atoms in total. The summed E-state index contributed by atoms with van der Waals surface area (Å²) in [7, 11) is 0. The first-order chi connectivity index (χ1) is 27.0. The summed E-state index contributed by atoms with van der Waals surface area (Å²) < 4.78 is 11.5. The van der Waals surface area contributed by atoms with Crippen LogP contribution in [0.1, 0.15) is 171 Å². The minimum Gasteiger partial charge on any atom is -0.462 e. The predicted octanol–water partition coefficient (Wildman–Crippen LogP) is 11.6. The van der Waals surface area contributed by atoms with Gasteiger partial charge in [-0.2, -0.15) is 0 Å². The number of fused-ring (bicyclic) bond motifs is 6. The van der Waals surface area contributed by atoms with Gasteiger partial charge in [0, 0.05) is 12.3 Å². The highest BCUT2D eigenvalue weighted by Crippen LogP contribution is 2.67. The number of aliphatic hydroxyl groups excluding tert-OH is 2. The zero-order valence-electron chi connectivity index (χ0n) is 37.5. The molecule has 3 saturated carbocycles. The van der Waals surface area contributed by atoms with Gasteiger partial charge in [-0.3, -0.25) is 9.59 Å². The van der Waals surface area contributed by atoms with Crippen LogP contribution in [0.4, 0.5) is 0 Å². The van der Waals surface area contributed by atoms with E-state index >= 15 is 0 Å². The predicted molar refractivity (Wildman–Crippen MR) is 230 cm³/mol. The van der Waals surface area contributed by atoms with E-state index in [1.807, 2.05) is 13.8 Å². The van der Waals surface area contributed by atoms with Gasteiger partial charge in [0.05, 0.1) is 24.5 Å². The molecule has 0 aromatic rings. The summed E-state index contributed by atoms with van der Waals surface area (Å²) in [6.45, 7) is 20.9.